The van der Waals surface area contributed by atoms with E-state index in [-0.39, 0.29) is 6.61 Å². The fourth-order valence-electron chi connectivity index (χ4n) is 2.47. The van der Waals surface area contributed by atoms with Crippen LogP contribution >= 0.6 is 0 Å². The van der Waals surface area contributed by atoms with E-state index >= 15 is 0 Å². The van der Waals surface area contributed by atoms with Crippen LogP contribution in [-0.2, 0) is 0 Å². The summed E-state index contributed by atoms with van der Waals surface area (Å²) in [7, 11) is 0. The van der Waals surface area contributed by atoms with Crippen LogP contribution in [0, 0.1) is 19.3 Å². The molecule has 118 valence electrons. The number of aromatic nitrogens is 2. The van der Waals surface area contributed by atoms with E-state index in [1.165, 1.54) is 0 Å². The summed E-state index contributed by atoms with van der Waals surface area (Å²) in [5, 5.41) is 4.59. The Morgan fingerprint density at radius 1 is 1.25 bits per heavy atom. The number of nitrogens with zero attached hydrogens (tertiary/aromatic N) is 2. The van der Waals surface area contributed by atoms with Crippen molar-refractivity contribution >= 4 is 6.29 Å². The fourth-order valence-corrected chi connectivity index (χ4v) is 2.47. The summed E-state index contributed by atoms with van der Waals surface area (Å²) < 4.78 is 7.30. The quantitative estimate of drug-likeness (QED) is 0.533. The molecule has 0 aliphatic rings. The van der Waals surface area contributed by atoms with Crippen LogP contribution in [0.25, 0.3) is 16.9 Å². The van der Waals surface area contributed by atoms with Gasteiger partial charge in [-0.3, -0.25) is 4.79 Å². The molecule has 0 saturated carbocycles. The van der Waals surface area contributed by atoms with Crippen molar-refractivity contribution in [1.82, 2.24) is 9.78 Å². The van der Waals surface area contributed by atoms with Gasteiger partial charge >= 0.3 is 0 Å². The van der Waals surface area contributed by atoms with Gasteiger partial charge in [0.25, 0.3) is 0 Å². The maximum atomic E-state index is 11.5. The summed E-state index contributed by atoms with van der Waals surface area (Å²) in [6, 6.07) is 15.4. The molecule has 0 aliphatic carbocycles. The first-order valence-electron chi connectivity index (χ1n) is 7.50. The SMILES string of the molecule is C#CCOc1ccc(C)cc1-c1nn(-c2ccccc2)cc1C=O. The Morgan fingerprint density at radius 3 is 2.75 bits per heavy atom. The summed E-state index contributed by atoms with van der Waals surface area (Å²) in [5.41, 5.74) is 3.75. The average molecular weight is 316 g/mol. The number of aryl methyl sites for hydroxylation is 1. The normalized spacial score (nSPS) is 10.2. The minimum Gasteiger partial charge on any atom is -0.480 e. The first-order valence-corrected chi connectivity index (χ1v) is 7.50. The highest BCUT2D eigenvalue weighted by Crippen LogP contribution is 2.32. The van der Waals surface area contributed by atoms with E-state index in [0.717, 1.165) is 23.1 Å². The summed E-state index contributed by atoms with van der Waals surface area (Å²) in [6.07, 6.45) is 7.79. The average Bonchev–Trinajstić information content (AvgIpc) is 3.05. The number of rotatable bonds is 5. The molecule has 0 atom stereocenters. The summed E-state index contributed by atoms with van der Waals surface area (Å²) in [6.45, 7) is 2.13. The summed E-state index contributed by atoms with van der Waals surface area (Å²) in [4.78, 5) is 11.5. The van der Waals surface area contributed by atoms with Gasteiger partial charge in [-0.25, -0.2) is 4.68 Å². The van der Waals surface area contributed by atoms with Crippen LogP contribution < -0.4 is 4.74 Å². The highest BCUT2D eigenvalue weighted by atomic mass is 16.5. The van der Waals surface area contributed by atoms with Gasteiger partial charge in [-0.1, -0.05) is 35.7 Å². The predicted octanol–water partition coefficient (Wildman–Crippen LogP) is 3.67. The highest BCUT2D eigenvalue weighted by molar-refractivity contribution is 5.87. The lowest BCUT2D eigenvalue weighted by Gasteiger charge is -2.09. The third kappa shape index (κ3) is 3.06. The standard InChI is InChI=1S/C20H16N2O2/c1-3-11-24-19-10-9-15(2)12-18(19)20-16(14-23)13-22(21-20)17-7-5-4-6-8-17/h1,4-10,12-14H,11H2,2H3. The van der Waals surface area contributed by atoms with Gasteiger partial charge in [-0.15, -0.1) is 6.42 Å². The molecule has 2 aromatic carbocycles. The molecule has 4 heteroatoms. The zero-order valence-electron chi connectivity index (χ0n) is 13.3. The second-order valence-corrected chi connectivity index (χ2v) is 5.32. The minimum atomic E-state index is 0.159. The zero-order chi connectivity index (χ0) is 16.9. The Bertz CT molecular complexity index is 905. The number of para-hydroxylation sites is 1. The molecule has 0 bridgehead atoms. The van der Waals surface area contributed by atoms with Crippen molar-refractivity contribution in [3.05, 3.63) is 65.9 Å². The van der Waals surface area contributed by atoms with E-state index in [2.05, 4.69) is 11.0 Å². The molecule has 3 rings (SSSR count). The molecule has 24 heavy (non-hydrogen) atoms. The fraction of sp³-hybridized carbons (Fsp3) is 0.100. The molecule has 4 nitrogen and oxygen atoms in total. The molecule has 0 spiro atoms. The Morgan fingerprint density at radius 2 is 2.04 bits per heavy atom. The Kier molecular flexibility index (Phi) is 4.44. The maximum Gasteiger partial charge on any atom is 0.153 e. The van der Waals surface area contributed by atoms with Crippen LogP contribution in [0.15, 0.2) is 54.7 Å². The van der Waals surface area contributed by atoms with Gasteiger partial charge in [0.2, 0.25) is 0 Å². The monoisotopic (exact) mass is 316 g/mol. The number of ether oxygens (including phenoxy) is 1. The largest absolute Gasteiger partial charge is 0.480 e. The number of hydrogen-bond donors (Lipinski definition) is 0. The van der Waals surface area contributed by atoms with E-state index in [9.17, 15) is 4.79 Å². The molecule has 0 amide bonds. The van der Waals surface area contributed by atoms with E-state index in [4.69, 9.17) is 11.2 Å². The van der Waals surface area contributed by atoms with Crippen molar-refractivity contribution in [3.8, 4) is 35.0 Å². The minimum absolute atomic E-state index is 0.159. The lowest BCUT2D eigenvalue weighted by atomic mass is 10.0. The first-order chi connectivity index (χ1) is 11.7. The topological polar surface area (TPSA) is 44.1 Å². The molecule has 0 unspecified atom stereocenters. The lowest BCUT2D eigenvalue weighted by Crippen LogP contribution is -1.98. The Labute approximate surface area is 140 Å². The van der Waals surface area contributed by atoms with Gasteiger partial charge < -0.3 is 4.74 Å². The maximum absolute atomic E-state index is 11.5. The van der Waals surface area contributed by atoms with Crippen molar-refractivity contribution in [2.45, 2.75) is 6.92 Å². The van der Waals surface area contributed by atoms with Crippen LogP contribution in [-0.4, -0.2) is 22.7 Å². The first kappa shape index (κ1) is 15.6. The van der Waals surface area contributed by atoms with Gasteiger partial charge in [-0.05, 0) is 31.2 Å². The number of terminal acetylenes is 1. The van der Waals surface area contributed by atoms with Crippen molar-refractivity contribution in [1.29, 1.82) is 0 Å². The van der Waals surface area contributed by atoms with Gasteiger partial charge in [0.1, 0.15) is 18.1 Å². The van der Waals surface area contributed by atoms with Crippen LogP contribution in [0.2, 0.25) is 0 Å². The molecule has 0 N–H and O–H groups in total. The molecule has 1 heterocycles. The van der Waals surface area contributed by atoms with E-state index in [1.54, 1.807) is 10.9 Å². The van der Waals surface area contributed by atoms with Gasteiger partial charge in [0, 0.05) is 11.8 Å². The van der Waals surface area contributed by atoms with Gasteiger partial charge in [0.05, 0.1) is 11.3 Å². The molecule has 0 fully saturated rings. The molecular formula is C20H16N2O2. The number of aldehydes is 1. The van der Waals surface area contributed by atoms with E-state index in [1.807, 2.05) is 55.5 Å². The van der Waals surface area contributed by atoms with Gasteiger partial charge in [-0.2, -0.15) is 5.10 Å². The van der Waals surface area contributed by atoms with E-state index < -0.39 is 0 Å². The second-order valence-electron chi connectivity index (χ2n) is 5.32. The molecule has 0 aliphatic heterocycles. The number of hydrogen-bond acceptors (Lipinski definition) is 3. The van der Waals surface area contributed by atoms with Crippen molar-refractivity contribution < 1.29 is 9.53 Å². The van der Waals surface area contributed by atoms with Crippen LogP contribution in [0.3, 0.4) is 0 Å². The van der Waals surface area contributed by atoms with Crippen molar-refractivity contribution in [3.63, 3.8) is 0 Å². The Balaban J connectivity index is 2.13. The molecule has 3 aromatic rings. The zero-order valence-corrected chi connectivity index (χ0v) is 13.3. The van der Waals surface area contributed by atoms with Crippen molar-refractivity contribution in [2.24, 2.45) is 0 Å². The van der Waals surface area contributed by atoms with Crippen LogP contribution in [0.1, 0.15) is 15.9 Å². The van der Waals surface area contributed by atoms with Crippen LogP contribution in [0.4, 0.5) is 0 Å². The Hall–Kier alpha value is -3.32. The molecule has 0 saturated heterocycles. The van der Waals surface area contributed by atoms with Crippen molar-refractivity contribution in [2.75, 3.05) is 6.61 Å². The number of benzene rings is 2. The van der Waals surface area contributed by atoms with Crippen LogP contribution in [0.5, 0.6) is 5.75 Å². The number of carbonyl (C=O) groups excluding carboxylic acids is 1. The highest BCUT2D eigenvalue weighted by Gasteiger charge is 2.16. The molecular weight excluding hydrogens is 300 g/mol. The summed E-state index contributed by atoms with van der Waals surface area (Å²) >= 11 is 0. The molecule has 1 aromatic heterocycles. The number of carbonyl (C=O) groups is 1. The smallest absolute Gasteiger partial charge is 0.153 e. The third-order valence-electron chi connectivity index (χ3n) is 3.59. The second kappa shape index (κ2) is 6.84. The predicted molar refractivity (Wildman–Crippen MR) is 93.5 cm³/mol. The third-order valence-corrected chi connectivity index (χ3v) is 3.59. The van der Waals surface area contributed by atoms with E-state index in [0.29, 0.717) is 17.0 Å². The molecule has 0 radical (unpaired) electrons. The van der Waals surface area contributed by atoms with Gasteiger partial charge in [0.15, 0.2) is 6.29 Å². The lowest BCUT2D eigenvalue weighted by molar-refractivity contribution is 0.112. The summed E-state index contributed by atoms with van der Waals surface area (Å²) in [5.74, 6) is 3.06.